The molecular formula is C21H17F3N4O3. The molecule has 160 valence electrons. The fourth-order valence-corrected chi connectivity index (χ4v) is 3.18. The molecule has 0 spiro atoms. The van der Waals surface area contributed by atoms with Gasteiger partial charge >= 0.3 is 6.18 Å². The van der Waals surface area contributed by atoms with Gasteiger partial charge in [0.15, 0.2) is 0 Å². The number of hydrogen-bond donors (Lipinski definition) is 2. The SMILES string of the molecule is CN1Cc2cccc(Oc3nc(Nc4ccc(CO)cc4)ncc3C(F)(F)F)c2C1=O. The normalized spacial score (nSPS) is 13.3. The Labute approximate surface area is 175 Å². The van der Waals surface area contributed by atoms with Crippen molar-refractivity contribution in [3.63, 3.8) is 0 Å². The molecule has 0 fully saturated rings. The molecular weight excluding hydrogens is 413 g/mol. The number of alkyl halides is 3. The Morgan fingerprint density at radius 3 is 2.61 bits per heavy atom. The zero-order valence-electron chi connectivity index (χ0n) is 16.3. The van der Waals surface area contributed by atoms with E-state index in [1.54, 1.807) is 43.4 Å². The minimum absolute atomic E-state index is 0.00528. The molecule has 2 heterocycles. The van der Waals surface area contributed by atoms with E-state index < -0.39 is 17.6 Å². The Morgan fingerprint density at radius 1 is 1.19 bits per heavy atom. The first-order valence-electron chi connectivity index (χ1n) is 9.22. The number of hydrogen-bond acceptors (Lipinski definition) is 6. The maximum absolute atomic E-state index is 13.5. The number of benzene rings is 2. The topological polar surface area (TPSA) is 87.6 Å². The van der Waals surface area contributed by atoms with Crippen molar-refractivity contribution in [1.82, 2.24) is 14.9 Å². The molecule has 7 nitrogen and oxygen atoms in total. The molecule has 10 heteroatoms. The van der Waals surface area contributed by atoms with Crippen LogP contribution in [-0.2, 0) is 19.3 Å². The lowest BCUT2D eigenvalue weighted by atomic mass is 10.1. The minimum atomic E-state index is -4.75. The molecule has 0 unspecified atom stereocenters. The van der Waals surface area contributed by atoms with Crippen LogP contribution in [0.1, 0.15) is 27.0 Å². The van der Waals surface area contributed by atoms with Crippen molar-refractivity contribution in [3.8, 4) is 11.6 Å². The van der Waals surface area contributed by atoms with E-state index in [4.69, 9.17) is 9.84 Å². The highest BCUT2D eigenvalue weighted by Gasteiger charge is 2.37. The monoisotopic (exact) mass is 430 g/mol. The number of aromatic nitrogens is 2. The van der Waals surface area contributed by atoms with Gasteiger partial charge in [-0.15, -0.1) is 0 Å². The van der Waals surface area contributed by atoms with Gasteiger partial charge in [0.05, 0.1) is 12.2 Å². The molecule has 1 aliphatic rings. The summed E-state index contributed by atoms with van der Waals surface area (Å²) in [6, 6.07) is 11.3. The summed E-state index contributed by atoms with van der Waals surface area (Å²) in [6.07, 6.45) is -4.13. The first kappa shape index (κ1) is 20.6. The third-order valence-corrected chi connectivity index (χ3v) is 4.74. The minimum Gasteiger partial charge on any atom is -0.437 e. The van der Waals surface area contributed by atoms with Gasteiger partial charge in [-0.1, -0.05) is 24.3 Å². The number of rotatable bonds is 5. The van der Waals surface area contributed by atoms with E-state index in [1.165, 1.54) is 11.0 Å². The summed E-state index contributed by atoms with van der Waals surface area (Å²) in [4.78, 5) is 21.5. The van der Waals surface area contributed by atoms with Gasteiger partial charge in [0, 0.05) is 25.5 Å². The van der Waals surface area contributed by atoms with Gasteiger partial charge in [-0.2, -0.15) is 18.2 Å². The van der Waals surface area contributed by atoms with Crippen molar-refractivity contribution in [2.75, 3.05) is 12.4 Å². The number of aliphatic hydroxyl groups is 1. The summed E-state index contributed by atoms with van der Waals surface area (Å²) in [7, 11) is 1.60. The van der Waals surface area contributed by atoms with Crippen molar-refractivity contribution in [3.05, 3.63) is 70.9 Å². The van der Waals surface area contributed by atoms with Gasteiger partial charge in [-0.05, 0) is 29.3 Å². The summed E-state index contributed by atoms with van der Waals surface area (Å²) in [5.41, 5.74) is 0.904. The maximum atomic E-state index is 13.5. The molecule has 4 rings (SSSR count). The van der Waals surface area contributed by atoms with Crippen LogP contribution in [0.3, 0.4) is 0 Å². The van der Waals surface area contributed by atoms with Crippen molar-refractivity contribution in [2.45, 2.75) is 19.3 Å². The number of carbonyl (C=O) groups is 1. The van der Waals surface area contributed by atoms with Crippen LogP contribution >= 0.6 is 0 Å². The van der Waals surface area contributed by atoms with E-state index in [0.29, 0.717) is 29.6 Å². The molecule has 3 aromatic rings. The molecule has 1 amide bonds. The fraction of sp³-hybridized carbons (Fsp3) is 0.190. The molecule has 0 saturated heterocycles. The van der Waals surface area contributed by atoms with Crippen molar-refractivity contribution < 1.29 is 27.8 Å². The second-order valence-corrected chi connectivity index (χ2v) is 6.94. The first-order valence-corrected chi connectivity index (χ1v) is 9.22. The van der Waals surface area contributed by atoms with Gasteiger partial charge in [-0.25, -0.2) is 4.98 Å². The molecule has 0 atom stereocenters. The van der Waals surface area contributed by atoms with Crippen LogP contribution in [0.2, 0.25) is 0 Å². The summed E-state index contributed by atoms with van der Waals surface area (Å²) in [6.45, 7) is 0.211. The van der Waals surface area contributed by atoms with Gasteiger partial charge in [-0.3, -0.25) is 4.79 Å². The van der Waals surface area contributed by atoms with Crippen LogP contribution in [-0.4, -0.2) is 32.9 Å². The number of carbonyl (C=O) groups excluding carboxylic acids is 1. The molecule has 1 aliphatic heterocycles. The van der Waals surface area contributed by atoms with Crippen molar-refractivity contribution in [1.29, 1.82) is 0 Å². The first-order chi connectivity index (χ1) is 14.8. The Kier molecular flexibility index (Phi) is 5.24. The predicted molar refractivity (Wildman–Crippen MR) is 105 cm³/mol. The van der Waals surface area contributed by atoms with E-state index in [1.807, 2.05) is 0 Å². The van der Waals surface area contributed by atoms with Crippen LogP contribution in [0.4, 0.5) is 24.8 Å². The highest BCUT2D eigenvalue weighted by atomic mass is 19.4. The van der Waals surface area contributed by atoms with Gasteiger partial charge in [0.1, 0.15) is 11.3 Å². The number of nitrogens with one attached hydrogen (secondary N) is 1. The third kappa shape index (κ3) is 4.15. The molecule has 2 N–H and O–H groups in total. The van der Waals surface area contributed by atoms with Crippen LogP contribution < -0.4 is 10.1 Å². The van der Waals surface area contributed by atoms with Crippen LogP contribution in [0, 0.1) is 0 Å². The number of amides is 1. The van der Waals surface area contributed by atoms with Crippen LogP contribution in [0.5, 0.6) is 11.6 Å². The Balaban J connectivity index is 1.70. The van der Waals surface area contributed by atoms with E-state index in [2.05, 4.69) is 15.3 Å². The molecule has 1 aromatic heterocycles. The van der Waals surface area contributed by atoms with Crippen LogP contribution in [0.25, 0.3) is 0 Å². The average molecular weight is 430 g/mol. The largest absolute Gasteiger partial charge is 0.437 e. The lowest BCUT2D eigenvalue weighted by Gasteiger charge is -2.15. The van der Waals surface area contributed by atoms with E-state index in [9.17, 15) is 18.0 Å². The lowest BCUT2D eigenvalue weighted by Crippen LogP contribution is -2.18. The lowest BCUT2D eigenvalue weighted by molar-refractivity contribution is -0.139. The number of ether oxygens (including phenoxy) is 1. The summed E-state index contributed by atoms with van der Waals surface area (Å²) < 4.78 is 46.1. The standard InChI is InChI=1S/C21H17F3N4O3/c1-28-10-13-3-2-4-16(17(13)19(28)30)31-18-15(21(22,23)24)9-25-20(27-18)26-14-7-5-12(11-29)6-8-14/h2-9,29H,10-11H2,1H3,(H,25,26,27). The molecule has 0 saturated carbocycles. The second kappa shape index (κ2) is 7.88. The highest BCUT2D eigenvalue weighted by Crippen LogP contribution is 2.39. The second-order valence-electron chi connectivity index (χ2n) is 6.94. The zero-order chi connectivity index (χ0) is 22.2. The van der Waals surface area contributed by atoms with Crippen LogP contribution in [0.15, 0.2) is 48.7 Å². The number of halogens is 3. The maximum Gasteiger partial charge on any atom is 0.423 e. The molecule has 0 aliphatic carbocycles. The number of aliphatic hydroxyl groups excluding tert-OH is 1. The Hall–Kier alpha value is -3.66. The van der Waals surface area contributed by atoms with Crippen molar-refractivity contribution >= 4 is 17.5 Å². The molecule has 0 bridgehead atoms. The highest BCUT2D eigenvalue weighted by molar-refractivity contribution is 6.00. The fourth-order valence-electron chi connectivity index (χ4n) is 3.18. The number of anilines is 2. The Bertz CT molecular complexity index is 1130. The average Bonchev–Trinajstić information content (AvgIpc) is 3.02. The summed E-state index contributed by atoms with van der Waals surface area (Å²) >= 11 is 0. The third-order valence-electron chi connectivity index (χ3n) is 4.74. The molecule has 0 radical (unpaired) electrons. The number of nitrogens with zero attached hydrogens (tertiary/aromatic N) is 3. The van der Waals surface area contributed by atoms with Gasteiger partial charge < -0.3 is 20.1 Å². The van der Waals surface area contributed by atoms with E-state index >= 15 is 0 Å². The zero-order valence-corrected chi connectivity index (χ0v) is 16.3. The van der Waals surface area contributed by atoms with Gasteiger partial charge in [0.2, 0.25) is 11.8 Å². The number of fused-ring (bicyclic) bond motifs is 1. The summed E-state index contributed by atoms with van der Waals surface area (Å²) in [5.74, 6) is -1.17. The molecule has 31 heavy (non-hydrogen) atoms. The van der Waals surface area contributed by atoms with E-state index in [-0.39, 0.29) is 29.8 Å². The molecule has 2 aromatic carbocycles. The van der Waals surface area contributed by atoms with Gasteiger partial charge in [0.25, 0.3) is 5.91 Å². The quantitative estimate of drug-likeness (QED) is 0.634. The Morgan fingerprint density at radius 2 is 1.94 bits per heavy atom. The van der Waals surface area contributed by atoms with Crippen molar-refractivity contribution in [2.24, 2.45) is 0 Å². The smallest absolute Gasteiger partial charge is 0.423 e. The predicted octanol–water partition coefficient (Wildman–Crippen LogP) is 4.11. The summed E-state index contributed by atoms with van der Waals surface area (Å²) in [5, 5.41) is 11.9. The van der Waals surface area contributed by atoms with E-state index in [0.717, 1.165) is 0 Å².